The minimum atomic E-state index is -3.51. The van der Waals surface area contributed by atoms with Gasteiger partial charge in [-0.15, -0.1) is 0 Å². The molecular weight excluding hydrogens is 300 g/mol. The van der Waals surface area contributed by atoms with E-state index in [1.54, 1.807) is 24.3 Å². The molecule has 0 saturated carbocycles. The molecule has 1 aromatic carbocycles. The number of rotatable bonds is 5. The molecule has 1 aliphatic heterocycles. The van der Waals surface area contributed by atoms with E-state index in [0.717, 1.165) is 12.8 Å². The molecule has 1 fully saturated rings. The zero-order valence-electron chi connectivity index (χ0n) is 11.2. The summed E-state index contributed by atoms with van der Waals surface area (Å²) in [7, 11) is -3.51. The van der Waals surface area contributed by atoms with Gasteiger partial charge in [-0.05, 0) is 44.0 Å². The second-order valence-corrected chi connectivity index (χ2v) is 7.78. The van der Waals surface area contributed by atoms with Crippen LogP contribution in [0.2, 0.25) is 5.02 Å². The molecule has 110 valence electrons. The van der Waals surface area contributed by atoms with Crippen LogP contribution in [0.4, 0.5) is 0 Å². The minimum Gasteiger partial charge on any atom is -0.377 e. The number of halogens is 1. The number of ketones is 1. The van der Waals surface area contributed by atoms with E-state index < -0.39 is 20.9 Å². The number of benzene rings is 1. The zero-order valence-corrected chi connectivity index (χ0v) is 12.8. The average Bonchev–Trinajstić information content (AvgIpc) is 2.90. The van der Waals surface area contributed by atoms with Gasteiger partial charge in [0.15, 0.2) is 15.6 Å². The number of carbonyl (C=O) groups is 1. The molecule has 1 saturated heterocycles. The minimum absolute atomic E-state index is 0.0898. The van der Waals surface area contributed by atoms with Crippen LogP contribution in [0.5, 0.6) is 0 Å². The first-order chi connectivity index (χ1) is 9.40. The van der Waals surface area contributed by atoms with Gasteiger partial charge >= 0.3 is 0 Å². The van der Waals surface area contributed by atoms with Crippen LogP contribution in [-0.2, 0) is 14.6 Å². The maximum Gasteiger partial charge on any atom is 0.180 e. The number of Topliss-reactive ketones (excluding diaryl/α,β-unsaturated/α-hetero) is 1. The van der Waals surface area contributed by atoms with E-state index in [4.69, 9.17) is 16.3 Å². The van der Waals surface area contributed by atoms with Crippen molar-refractivity contribution >= 4 is 27.2 Å². The van der Waals surface area contributed by atoms with Crippen molar-refractivity contribution in [2.24, 2.45) is 0 Å². The number of hydrogen-bond acceptors (Lipinski definition) is 4. The first-order valence-electron chi connectivity index (χ1n) is 6.53. The topological polar surface area (TPSA) is 60.4 Å². The molecule has 0 radical (unpaired) electrons. The first kappa shape index (κ1) is 15.5. The Hall–Kier alpha value is -0.910. The molecule has 0 N–H and O–H groups in total. The maximum atomic E-state index is 12.2. The largest absolute Gasteiger partial charge is 0.377 e. The molecule has 6 heteroatoms. The van der Waals surface area contributed by atoms with Crippen LogP contribution in [0.15, 0.2) is 24.3 Å². The van der Waals surface area contributed by atoms with Crippen molar-refractivity contribution in [2.75, 3.05) is 12.4 Å². The van der Waals surface area contributed by atoms with Gasteiger partial charge < -0.3 is 4.74 Å². The van der Waals surface area contributed by atoms with Gasteiger partial charge in [0, 0.05) is 17.2 Å². The Morgan fingerprint density at radius 2 is 2.05 bits per heavy atom. The van der Waals surface area contributed by atoms with Crippen molar-refractivity contribution in [1.29, 1.82) is 0 Å². The predicted octanol–water partition coefficient (Wildman–Crippen LogP) is 2.50. The van der Waals surface area contributed by atoms with Crippen molar-refractivity contribution in [1.82, 2.24) is 0 Å². The Balaban J connectivity index is 2.10. The molecule has 2 unspecified atom stereocenters. The second kappa shape index (κ2) is 6.24. The fourth-order valence-corrected chi connectivity index (χ4v) is 3.85. The number of carbonyl (C=O) groups excluding carboxylic acids is 1. The lowest BCUT2D eigenvalue weighted by Crippen LogP contribution is -2.33. The lowest BCUT2D eigenvalue weighted by atomic mass is 10.1. The Morgan fingerprint density at radius 1 is 1.40 bits per heavy atom. The number of ether oxygens (including phenoxy) is 1. The van der Waals surface area contributed by atoms with E-state index in [2.05, 4.69) is 0 Å². The quantitative estimate of drug-likeness (QED) is 0.783. The summed E-state index contributed by atoms with van der Waals surface area (Å²) in [5.41, 5.74) is 0.359. The summed E-state index contributed by atoms with van der Waals surface area (Å²) < 4.78 is 29.8. The highest BCUT2D eigenvalue weighted by Crippen LogP contribution is 2.19. The molecule has 1 aromatic rings. The van der Waals surface area contributed by atoms with Gasteiger partial charge in [-0.2, -0.15) is 0 Å². The molecule has 0 spiro atoms. The third kappa shape index (κ3) is 3.59. The van der Waals surface area contributed by atoms with Crippen molar-refractivity contribution < 1.29 is 17.9 Å². The van der Waals surface area contributed by atoms with Crippen molar-refractivity contribution in [3.05, 3.63) is 34.9 Å². The molecule has 0 aromatic heterocycles. The summed E-state index contributed by atoms with van der Waals surface area (Å²) in [5, 5.41) is -0.552. The summed E-state index contributed by atoms with van der Waals surface area (Å²) >= 11 is 5.75. The third-order valence-corrected chi connectivity index (χ3v) is 5.86. The first-order valence-corrected chi connectivity index (χ1v) is 8.62. The molecule has 0 amide bonds. The molecule has 1 heterocycles. The lowest BCUT2D eigenvalue weighted by molar-refractivity contribution is 0.0990. The zero-order chi connectivity index (χ0) is 14.8. The van der Waals surface area contributed by atoms with Crippen LogP contribution in [0, 0.1) is 0 Å². The third-order valence-electron chi connectivity index (χ3n) is 3.48. The lowest BCUT2D eigenvalue weighted by Gasteiger charge is -2.15. The second-order valence-electron chi connectivity index (χ2n) is 4.98. The summed E-state index contributed by atoms with van der Waals surface area (Å²) in [6.45, 7) is 2.03. The fraction of sp³-hybridized carbons (Fsp3) is 0.500. The van der Waals surface area contributed by atoms with E-state index in [1.807, 2.05) is 0 Å². The molecule has 2 atom stereocenters. The highest BCUT2D eigenvalue weighted by Gasteiger charge is 2.32. The summed E-state index contributed by atoms with van der Waals surface area (Å²) in [4.78, 5) is 12.2. The van der Waals surface area contributed by atoms with Crippen molar-refractivity contribution in [3.8, 4) is 0 Å². The molecule has 1 aliphatic rings. The molecule has 0 aliphatic carbocycles. The van der Waals surface area contributed by atoms with Crippen molar-refractivity contribution in [2.45, 2.75) is 31.1 Å². The molecule has 0 bridgehead atoms. The van der Waals surface area contributed by atoms with Gasteiger partial charge in [-0.1, -0.05) is 11.6 Å². The van der Waals surface area contributed by atoms with Crippen LogP contribution in [-0.4, -0.2) is 37.9 Å². The van der Waals surface area contributed by atoms with Crippen LogP contribution >= 0.6 is 11.6 Å². The molecule has 4 nitrogen and oxygen atoms in total. The van der Waals surface area contributed by atoms with Gasteiger partial charge in [-0.3, -0.25) is 4.79 Å². The standard InChI is InChI=1S/C14H17ClO4S/c1-10(14(16)11-4-6-12(15)7-5-11)20(17,18)9-13-3-2-8-19-13/h4-7,10,13H,2-3,8-9H2,1H3. The summed E-state index contributed by atoms with van der Waals surface area (Å²) in [5.74, 6) is -0.493. The van der Waals surface area contributed by atoms with Crippen LogP contribution in [0.1, 0.15) is 30.1 Å². The smallest absolute Gasteiger partial charge is 0.180 e. The fourth-order valence-electron chi connectivity index (χ4n) is 2.19. The van der Waals surface area contributed by atoms with E-state index in [1.165, 1.54) is 6.92 Å². The molecule has 20 heavy (non-hydrogen) atoms. The maximum absolute atomic E-state index is 12.2. The van der Waals surface area contributed by atoms with Gasteiger partial charge in [0.05, 0.1) is 11.9 Å². The Labute approximate surface area is 124 Å². The van der Waals surface area contributed by atoms with E-state index >= 15 is 0 Å². The van der Waals surface area contributed by atoms with Crippen LogP contribution in [0.25, 0.3) is 0 Å². The average molecular weight is 317 g/mol. The van der Waals surface area contributed by atoms with Gasteiger partial charge in [0.2, 0.25) is 0 Å². The van der Waals surface area contributed by atoms with Gasteiger partial charge in [0.1, 0.15) is 5.25 Å². The summed E-state index contributed by atoms with van der Waals surface area (Å²) in [6.07, 6.45) is 1.33. The monoisotopic (exact) mass is 316 g/mol. The number of sulfone groups is 1. The Bertz CT molecular complexity index is 574. The van der Waals surface area contributed by atoms with E-state index in [9.17, 15) is 13.2 Å². The normalized spacial score (nSPS) is 20.8. The van der Waals surface area contributed by atoms with Gasteiger partial charge in [-0.25, -0.2) is 8.42 Å². The van der Waals surface area contributed by atoms with Crippen LogP contribution in [0.3, 0.4) is 0 Å². The molecular formula is C14H17ClO4S. The van der Waals surface area contributed by atoms with Crippen molar-refractivity contribution in [3.63, 3.8) is 0 Å². The Morgan fingerprint density at radius 3 is 2.60 bits per heavy atom. The SMILES string of the molecule is CC(C(=O)c1ccc(Cl)cc1)S(=O)(=O)CC1CCCO1. The Kier molecular flexibility index (Phi) is 4.83. The van der Waals surface area contributed by atoms with E-state index in [-0.39, 0.29) is 11.9 Å². The summed E-state index contributed by atoms with van der Waals surface area (Å²) in [6, 6.07) is 6.24. The van der Waals surface area contributed by atoms with E-state index in [0.29, 0.717) is 17.2 Å². The highest BCUT2D eigenvalue weighted by atomic mass is 35.5. The number of hydrogen-bond donors (Lipinski definition) is 0. The highest BCUT2D eigenvalue weighted by molar-refractivity contribution is 7.92. The predicted molar refractivity (Wildman–Crippen MR) is 78.0 cm³/mol. The van der Waals surface area contributed by atoms with Crippen LogP contribution < -0.4 is 0 Å². The molecule has 2 rings (SSSR count). The van der Waals surface area contributed by atoms with Gasteiger partial charge in [0.25, 0.3) is 0 Å².